The summed E-state index contributed by atoms with van der Waals surface area (Å²) in [6, 6.07) is 6.51. The Morgan fingerprint density at radius 2 is 1.94 bits per heavy atom. The number of alkyl halides is 1. The molecule has 5 heteroatoms. The maximum Gasteiger partial charge on any atom is 0.307 e. The molecule has 0 aliphatic carbocycles. The zero-order chi connectivity index (χ0) is 12.1. The number of ketones is 1. The maximum atomic E-state index is 11.8. The quantitative estimate of drug-likeness (QED) is 0.488. The van der Waals surface area contributed by atoms with E-state index in [0.29, 0.717) is 10.6 Å². The molecule has 0 bridgehead atoms. The van der Waals surface area contributed by atoms with Crippen molar-refractivity contribution in [2.45, 2.75) is 11.2 Å². The average molecular weight is 306 g/mol. The summed E-state index contributed by atoms with van der Waals surface area (Å²) in [6.45, 7) is 0. The number of halogens is 2. The summed E-state index contributed by atoms with van der Waals surface area (Å²) in [6.07, 6.45) is 0.0119. The van der Waals surface area contributed by atoms with Crippen LogP contribution in [0.3, 0.4) is 0 Å². The molecule has 0 saturated carbocycles. The van der Waals surface area contributed by atoms with Crippen LogP contribution in [-0.2, 0) is 9.53 Å². The Kier molecular flexibility index (Phi) is 4.96. The summed E-state index contributed by atoms with van der Waals surface area (Å²) in [4.78, 5) is 22.2. The van der Waals surface area contributed by atoms with Gasteiger partial charge < -0.3 is 4.74 Å². The molecule has 3 nitrogen and oxygen atoms in total. The number of hydrogen-bond donors (Lipinski definition) is 0. The first-order valence-electron chi connectivity index (χ1n) is 4.55. The standard InChI is InChI=1S/C11H10BrClO3/c1-16-10(14)6-9(12)11(15)7-2-4-8(13)5-3-7/h2-5,9H,6H2,1H3. The van der Waals surface area contributed by atoms with Crippen molar-refractivity contribution in [2.24, 2.45) is 0 Å². The molecule has 0 amide bonds. The smallest absolute Gasteiger partial charge is 0.307 e. The SMILES string of the molecule is COC(=O)CC(Br)C(=O)c1ccc(Cl)cc1. The van der Waals surface area contributed by atoms with Crippen LogP contribution >= 0.6 is 27.5 Å². The zero-order valence-corrected chi connectivity index (χ0v) is 10.9. The van der Waals surface area contributed by atoms with Crippen molar-refractivity contribution in [1.29, 1.82) is 0 Å². The van der Waals surface area contributed by atoms with Crippen molar-refractivity contribution in [3.05, 3.63) is 34.9 Å². The molecule has 0 aromatic heterocycles. The number of rotatable bonds is 4. The van der Waals surface area contributed by atoms with Gasteiger partial charge in [-0.15, -0.1) is 0 Å². The molecule has 0 fully saturated rings. The van der Waals surface area contributed by atoms with E-state index >= 15 is 0 Å². The lowest BCUT2D eigenvalue weighted by Gasteiger charge is -2.07. The van der Waals surface area contributed by atoms with Crippen molar-refractivity contribution >= 4 is 39.3 Å². The normalized spacial score (nSPS) is 11.9. The van der Waals surface area contributed by atoms with Crippen LogP contribution in [-0.4, -0.2) is 23.7 Å². The first kappa shape index (κ1) is 13.2. The van der Waals surface area contributed by atoms with Crippen LogP contribution in [0.25, 0.3) is 0 Å². The van der Waals surface area contributed by atoms with Crippen molar-refractivity contribution in [3.63, 3.8) is 0 Å². The summed E-state index contributed by atoms with van der Waals surface area (Å²) in [5, 5.41) is 0.565. The van der Waals surface area contributed by atoms with Crippen LogP contribution in [0.15, 0.2) is 24.3 Å². The van der Waals surface area contributed by atoms with Gasteiger partial charge in [0.2, 0.25) is 0 Å². The summed E-state index contributed by atoms with van der Waals surface area (Å²) >= 11 is 8.86. The number of benzene rings is 1. The highest BCUT2D eigenvalue weighted by Gasteiger charge is 2.20. The number of carbonyl (C=O) groups excluding carboxylic acids is 2. The van der Waals surface area contributed by atoms with Gasteiger partial charge in [-0.25, -0.2) is 0 Å². The third kappa shape index (κ3) is 3.61. The van der Waals surface area contributed by atoms with Crippen LogP contribution in [0.5, 0.6) is 0 Å². The first-order valence-corrected chi connectivity index (χ1v) is 5.84. The highest BCUT2D eigenvalue weighted by atomic mass is 79.9. The minimum atomic E-state index is -0.568. The van der Waals surface area contributed by atoms with E-state index in [4.69, 9.17) is 11.6 Å². The van der Waals surface area contributed by atoms with E-state index in [-0.39, 0.29) is 12.2 Å². The van der Waals surface area contributed by atoms with Crippen molar-refractivity contribution in [1.82, 2.24) is 0 Å². The Labute approximate surface area is 107 Å². The fraction of sp³-hybridized carbons (Fsp3) is 0.273. The molecule has 0 N–H and O–H groups in total. The Morgan fingerprint density at radius 3 is 2.44 bits per heavy atom. The van der Waals surface area contributed by atoms with Crippen LogP contribution in [0, 0.1) is 0 Å². The van der Waals surface area contributed by atoms with Crippen molar-refractivity contribution in [3.8, 4) is 0 Å². The zero-order valence-electron chi connectivity index (χ0n) is 8.57. The van der Waals surface area contributed by atoms with Gasteiger partial charge in [-0.2, -0.15) is 0 Å². The molecule has 0 spiro atoms. The van der Waals surface area contributed by atoms with Gasteiger partial charge in [-0.05, 0) is 24.3 Å². The van der Waals surface area contributed by atoms with Crippen LogP contribution in [0.4, 0.5) is 0 Å². The van der Waals surface area contributed by atoms with E-state index in [1.807, 2.05) is 0 Å². The molecule has 0 radical (unpaired) electrons. The van der Waals surface area contributed by atoms with Crippen molar-refractivity contribution in [2.75, 3.05) is 7.11 Å². The van der Waals surface area contributed by atoms with E-state index in [1.165, 1.54) is 7.11 Å². The molecule has 1 unspecified atom stereocenters. The molecule has 86 valence electrons. The third-order valence-corrected chi connectivity index (χ3v) is 2.98. The lowest BCUT2D eigenvalue weighted by atomic mass is 10.1. The van der Waals surface area contributed by atoms with Gasteiger partial charge in [0, 0.05) is 10.6 Å². The molecule has 0 aliphatic rings. The van der Waals surface area contributed by atoms with Gasteiger partial charge in [0.1, 0.15) is 0 Å². The molecule has 16 heavy (non-hydrogen) atoms. The number of esters is 1. The lowest BCUT2D eigenvalue weighted by molar-refractivity contribution is -0.140. The highest BCUT2D eigenvalue weighted by Crippen LogP contribution is 2.16. The van der Waals surface area contributed by atoms with E-state index in [9.17, 15) is 9.59 Å². The van der Waals surface area contributed by atoms with Crippen molar-refractivity contribution < 1.29 is 14.3 Å². The Morgan fingerprint density at radius 1 is 1.38 bits per heavy atom. The molecule has 0 aliphatic heterocycles. The first-order chi connectivity index (χ1) is 7.54. The molecule has 1 rings (SSSR count). The monoisotopic (exact) mass is 304 g/mol. The maximum absolute atomic E-state index is 11.8. The second-order valence-electron chi connectivity index (χ2n) is 3.12. The summed E-state index contributed by atoms with van der Waals surface area (Å²) in [5.41, 5.74) is 0.509. The molecule has 0 saturated heterocycles. The number of ether oxygens (including phenoxy) is 1. The van der Waals surface area contributed by atoms with Gasteiger partial charge >= 0.3 is 5.97 Å². The number of methoxy groups -OCH3 is 1. The fourth-order valence-electron chi connectivity index (χ4n) is 1.12. The largest absolute Gasteiger partial charge is 0.469 e. The van der Waals surface area contributed by atoms with Gasteiger partial charge in [-0.3, -0.25) is 9.59 Å². The van der Waals surface area contributed by atoms with Crippen LogP contribution < -0.4 is 0 Å². The van der Waals surface area contributed by atoms with E-state index in [1.54, 1.807) is 24.3 Å². The Bertz CT molecular complexity index is 389. The predicted octanol–water partition coefficient (Wildman–Crippen LogP) is 2.85. The molecule has 1 aromatic rings. The average Bonchev–Trinajstić information content (AvgIpc) is 2.28. The van der Waals surface area contributed by atoms with E-state index in [2.05, 4.69) is 20.7 Å². The predicted molar refractivity (Wildman–Crippen MR) is 65.1 cm³/mol. The number of hydrogen-bond acceptors (Lipinski definition) is 3. The molecule has 0 heterocycles. The molecule has 1 atom stereocenters. The minimum absolute atomic E-state index is 0.0119. The Balaban J connectivity index is 2.70. The summed E-state index contributed by atoms with van der Waals surface area (Å²) < 4.78 is 4.48. The van der Waals surface area contributed by atoms with Gasteiger partial charge in [-0.1, -0.05) is 27.5 Å². The summed E-state index contributed by atoms with van der Waals surface area (Å²) in [5.74, 6) is -0.591. The fourth-order valence-corrected chi connectivity index (χ4v) is 1.77. The highest BCUT2D eigenvalue weighted by molar-refractivity contribution is 9.10. The van der Waals surface area contributed by atoms with E-state index < -0.39 is 10.8 Å². The lowest BCUT2D eigenvalue weighted by Crippen LogP contribution is -2.19. The topological polar surface area (TPSA) is 43.4 Å². The van der Waals surface area contributed by atoms with Gasteiger partial charge in [0.15, 0.2) is 5.78 Å². The van der Waals surface area contributed by atoms with Gasteiger partial charge in [0.05, 0.1) is 18.4 Å². The second kappa shape index (κ2) is 6.01. The number of carbonyl (C=O) groups is 2. The number of Topliss-reactive ketones (excluding diaryl/α,β-unsaturated/α-hetero) is 1. The second-order valence-corrected chi connectivity index (χ2v) is 4.66. The van der Waals surface area contributed by atoms with Crippen LogP contribution in [0.2, 0.25) is 5.02 Å². The molecular formula is C11H10BrClO3. The third-order valence-electron chi connectivity index (χ3n) is 1.99. The minimum Gasteiger partial charge on any atom is -0.469 e. The van der Waals surface area contributed by atoms with Gasteiger partial charge in [0.25, 0.3) is 0 Å². The van der Waals surface area contributed by atoms with E-state index in [0.717, 1.165) is 0 Å². The summed E-state index contributed by atoms with van der Waals surface area (Å²) in [7, 11) is 1.29. The van der Waals surface area contributed by atoms with Crippen LogP contribution in [0.1, 0.15) is 16.8 Å². The molecular weight excluding hydrogens is 295 g/mol. The Hall–Kier alpha value is -0.870. The molecule has 1 aromatic carbocycles.